The number of hydrogen-bond acceptors (Lipinski definition) is 7. The Kier molecular flexibility index (Phi) is 6.43. The molecule has 0 unspecified atom stereocenters. The van der Waals surface area contributed by atoms with Gasteiger partial charge in [-0.1, -0.05) is 0 Å². The predicted octanol–water partition coefficient (Wildman–Crippen LogP) is -0.152. The van der Waals surface area contributed by atoms with Crippen molar-refractivity contribution in [3.8, 4) is 11.5 Å². The molecule has 5 N–H and O–H groups in total. The summed E-state index contributed by atoms with van der Waals surface area (Å²) in [5.41, 5.74) is 5.40. The van der Waals surface area contributed by atoms with Gasteiger partial charge >= 0.3 is 5.97 Å². The van der Waals surface area contributed by atoms with Crippen LogP contribution in [0, 0.1) is 0 Å². The molecular formula is C11H15NO6S. The highest BCUT2D eigenvalue weighted by Crippen LogP contribution is 2.33. The molecular weight excluding hydrogens is 274 g/mol. The normalized spacial score (nSPS) is 11.9. The van der Waals surface area contributed by atoms with E-state index in [1.54, 1.807) is 18.2 Å². The van der Waals surface area contributed by atoms with Crippen LogP contribution in [-0.4, -0.2) is 46.7 Å². The third-order valence-electron chi connectivity index (χ3n) is 2.10. The number of thioether (sulfide) groups is 1. The molecule has 0 saturated carbocycles. The van der Waals surface area contributed by atoms with Gasteiger partial charge in [0.25, 0.3) is 0 Å². The molecule has 1 aromatic rings. The number of carboxylic acid groups (broad SMARTS) is 1. The summed E-state index contributed by atoms with van der Waals surface area (Å²) in [7, 11) is 0. The summed E-state index contributed by atoms with van der Waals surface area (Å²) in [5, 5.41) is 26.1. The maximum absolute atomic E-state index is 10.6. The van der Waals surface area contributed by atoms with Gasteiger partial charge in [-0.15, -0.1) is 11.8 Å². The second kappa shape index (κ2) is 7.85. The lowest BCUT2D eigenvalue weighted by atomic mass is 10.3. The van der Waals surface area contributed by atoms with Crippen LogP contribution in [0.1, 0.15) is 0 Å². The molecule has 0 fully saturated rings. The number of carboxylic acids is 1. The lowest BCUT2D eigenvalue weighted by Crippen LogP contribution is -2.32. The van der Waals surface area contributed by atoms with Crippen molar-refractivity contribution in [1.29, 1.82) is 0 Å². The monoisotopic (exact) mass is 289 g/mol. The Morgan fingerprint density at radius 3 is 2.58 bits per heavy atom. The zero-order chi connectivity index (χ0) is 14.3. The molecule has 0 aliphatic heterocycles. The van der Waals surface area contributed by atoms with E-state index in [0.717, 1.165) is 11.8 Å². The number of rotatable bonds is 8. The molecule has 1 atom stereocenters. The van der Waals surface area contributed by atoms with Gasteiger partial charge in [0, 0.05) is 5.75 Å². The van der Waals surface area contributed by atoms with E-state index in [-0.39, 0.29) is 5.75 Å². The molecule has 7 nitrogen and oxygen atoms in total. The molecule has 0 amide bonds. The van der Waals surface area contributed by atoms with Crippen molar-refractivity contribution in [2.24, 2.45) is 5.73 Å². The predicted molar refractivity (Wildman–Crippen MR) is 68.2 cm³/mol. The van der Waals surface area contributed by atoms with Gasteiger partial charge in [-0.3, -0.25) is 4.79 Å². The molecule has 0 radical (unpaired) electrons. The summed E-state index contributed by atoms with van der Waals surface area (Å²) in [5.74, 6) is -0.172. The molecule has 0 heterocycles. The van der Waals surface area contributed by atoms with Crippen molar-refractivity contribution in [3.63, 3.8) is 0 Å². The fourth-order valence-corrected chi connectivity index (χ4v) is 2.18. The smallest absolute Gasteiger partial charge is 0.321 e. The number of hydrogen-bond donors (Lipinski definition) is 4. The van der Waals surface area contributed by atoms with E-state index < -0.39 is 25.6 Å². The Morgan fingerprint density at radius 1 is 1.32 bits per heavy atom. The Labute approximate surface area is 113 Å². The summed E-state index contributed by atoms with van der Waals surface area (Å²) in [6.07, 6.45) is 0. The van der Waals surface area contributed by atoms with Crippen molar-refractivity contribution < 1.29 is 29.6 Å². The van der Waals surface area contributed by atoms with E-state index in [4.69, 9.17) is 30.5 Å². The summed E-state index contributed by atoms with van der Waals surface area (Å²) in [6.45, 7) is -0.975. The zero-order valence-electron chi connectivity index (χ0n) is 9.98. The van der Waals surface area contributed by atoms with Crippen LogP contribution in [-0.2, 0) is 4.79 Å². The van der Waals surface area contributed by atoms with Crippen LogP contribution in [0.25, 0.3) is 0 Å². The standard InChI is InChI=1S/C11H15NO6S/c12-8(11(15)16)4-19-10-3-7(17-5-13)1-2-9(10)18-6-14/h1-3,8,13-14H,4-6,12H2,(H,15,16)/t8-/m0/s1. The third-order valence-corrected chi connectivity index (χ3v) is 3.26. The summed E-state index contributed by atoms with van der Waals surface area (Å²) < 4.78 is 9.90. The Morgan fingerprint density at radius 2 is 2.00 bits per heavy atom. The molecule has 0 saturated heterocycles. The number of carbonyl (C=O) groups is 1. The average Bonchev–Trinajstić information content (AvgIpc) is 2.38. The second-order valence-electron chi connectivity index (χ2n) is 3.41. The summed E-state index contributed by atoms with van der Waals surface area (Å²) >= 11 is 1.16. The minimum absolute atomic E-state index is 0.139. The van der Waals surface area contributed by atoms with Crippen LogP contribution in [0.15, 0.2) is 23.1 Å². The number of aliphatic hydroxyl groups excluding tert-OH is 2. The van der Waals surface area contributed by atoms with Crippen LogP contribution >= 0.6 is 11.8 Å². The van der Waals surface area contributed by atoms with Crippen molar-refractivity contribution >= 4 is 17.7 Å². The molecule has 1 aromatic carbocycles. The van der Waals surface area contributed by atoms with E-state index >= 15 is 0 Å². The third kappa shape index (κ3) is 4.95. The number of benzene rings is 1. The van der Waals surface area contributed by atoms with Gasteiger partial charge in [-0.05, 0) is 18.2 Å². The van der Waals surface area contributed by atoms with Gasteiger partial charge in [0.2, 0.25) is 0 Å². The Hall–Kier alpha value is -1.48. The fourth-order valence-electron chi connectivity index (χ4n) is 1.21. The first-order chi connectivity index (χ1) is 9.08. The zero-order valence-corrected chi connectivity index (χ0v) is 10.8. The molecule has 0 aliphatic carbocycles. The van der Waals surface area contributed by atoms with Crippen molar-refractivity contribution in [2.45, 2.75) is 10.9 Å². The number of aliphatic hydroxyl groups is 2. The molecule has 106 valence electrons. The van der Waals surface area contributed by atoms with Crippen molar-refractivity contribution in [3.05, 3.63) is 18.2 Å². The molecule has 0 aromatic heterocycles. The van der Waals surface area contributed by atoms with Gasteiger partial charge in [0.1, 0.15) is 17.5 Å². The van der Waals surface area contributed by atoms with Gasteiger partial charge < -0.3 is 30.5 Å². The summed E-state index contributed by atoms with van der Waals surface area (Å²) in [4.78, 5) is 11.2. The van der Waals surface area contributed by atoms with E-state index in [1.165, 1.54) is 0 Å². The van der Waals surface area contributed by atoms with Crippen molar-refractivity contribution in [1.82, 2.24) is 0 Å². The van der Waals surface area contributed by atoms with Crippen LogP contribution in [0.2, 0.25) is 0 Å². The molecule has 8 heteroatoms. The van der Waals surface area contributed by atoms with Crippen LogP contribution in [0.3, 0.4) is 0 Å². The maximum Gasteiger partial charge on any atom is 0.321 e. The second-order valence-corrected chi connectivity index (χ2v) is 4.47. The lowest BCUT2D eigenvalue weighted by Gasteiger charge is -2.12. The first-order valence-corrected chi connectivity index (χ1v) is 6.29. The highest BCUT2D eigenvalue weighted by Gasteiger charge is 2.14. The topological polar surface area (TPSA) is 122 Å². The van der Waals surface area contributed by atoms with Gasteiger partial charge in [0.05, 0.1) is 4.90 Å². The minimum atomic E-state index is -1.10. The molecule has 0 bridgehead atoms. The number of aliphatic carboxylic acids is 1. The Balaban J connectivity index is 2.81. The van der Waals surface area contributed by atoms with E-state index in [9.17, 15) is 4.79 Å². The minimum Gasteiger partial charge on any atom is -0.480 e. The van der Waals surface area contributed by atoms with Gasteiger partial charge in [0.15, 0.2) is 13.6 Å². The highest BCUT2D eigenvalue weighted by molar-refractivity contribution is 7.99. The SMILES string of the molecule is N[C@@H](CSc1cc(OCO)ccc1OCO)C(=O)O. The first kappa shape index (κ1) is 15.6. The number of nitrogens with two attached hydrogens (primary N) is 1. The quantitative estimate of drug-likeness (QED) is 0.385. The van der Waals surface area contributed by atoms with Crippen LogP contribution in [0.5, 0.6) is 11.5 Å². The van der Waals surface area contributed by atoms with Gasteiger partial charge in [-0.2, -0.15) is 0 Å². The van der Waals surface area contributed by atoms with Crippen molar-refractivity contribution in [2.75, 3.05) is 19.3 Å². The van der Waals surface area contributed by atoms with Crippen LogP contribution < -0.4 is 15.2 Å². The van der Waals surface area contributed by atoms with E-state index in [2.05, 4.69) is 0 Å². The summed E-state index contributed by atoms with van der Waals surface area (Å²) in [6, 6.07) is 3.67. The molecule has 0 aliphatic rings. The number of ether oxygens (including phenoxy) is 2. The largest absolute Gasteiger partial charge is 0.480 e. The van der Waals surface area contributed by atoms with E-state index in [1.807, 2.05) is 0 Å². The Bertz CT molecular complexity index is 428. The molecule has 1 rings (SSSR count). The average molecular weight is 289 g/mol. The van der Waals surface area contributed by atoms with E-state index in [0.29, 0.717) is 16.4 Å². The fraction of sp³-hybridized carbons (Fsp3) is 0.364. The van der Waals surface area contributed by atoms with Crippen LogP contribution in [0.4, 0.5) is 0 Å². The lowest BCUT2D eigenvalue weighted by molar-refractivity contribution is -0.137. The molecule has 19 heavy (non-hydrogen) atoms. The maximum atomic E-state index is 10.6. The highest BCUT2D eigenvalue weighted by atomic mass is 32.2. The van der Waals surface area contributed by atoms with Gasteiger partial charge in [-0.25, -0.2) is 0 Å². The molecule has 0 spiro atoms. The first-order valence-electron chi connectivity index (χ1n) is 5.31.